The van der Waals surface area contributed by atoms with Gasteiger partial charge in [0.05, 0.1) is 4.92 Å². The van der Waals surface area contributed by atoms with Gasteiger partial charge >= 0.3 is 0 Å². The van der Waals surface area contributed by atoms with Crippen LogP contribution in [0.4, 0.5) is 0 Å². The van der Waals surface area contributed by atoms with Crippen LogP contribution < -0.4 is 5.32 Å². The predicted octanol–water partition coefficient (Wildman–Crippen LogP) is 2.94. The third-order valence-corrected chi connectivity index (χ3v) is 4.13. The molecule has 2 aliphatic heterocycles. The van der Waals surface area contributed by atoms with Crippen molar-refractivity contribution in [2.45, 2.75) is 16.2 Å². The molecule has 1 aromatic rings. The van der Waals surface area contributed by atoms with Gasteiger partial charge in [0.15, 0.2) is 0 Å². The zero-order valence-corrected chi connectivity index (χ0v) is 10.7. The third-order valence-electron chi connectivity index (χ3n) is 2.13. The van der Waals surface area contributed by atoms with Crippen molar-refractivity contribution in [2.24, 2.45) is 0 Å². The lowest BCUT2D eigenvalue weighted by Crippen LogP contribution is -2.19. The van der Waals surface area contributed by atoms with E-state index < -0.39 is 4.92 Å². The van der Waals surface area contributed by atoms with Crippen molar-refractivity contribution in [3.8, 4) is 0 Å². The molecule has 1 N–H and O–H groups in total. The molecule has 1 fully saturated rings. The molecule has 0 aliphatic carbocycles. The fourth-order valence-corrected chi connectivity index (χ4v) is 2.80. The molecule has 6 heteroatoms. The minimum absolute atomic E-state index is 0.430. The van der Waals surface area contributed by atoms with Crippen molar-refractivity contribution >= 4 is 23.5 Å². The van der Waals surface area contributed by atoms with Gasteiger partial charge in [-0.2, -0.15) is 0 Å². The Morgan fingerprint density at radius 2 is 2.06 bits per heavy atom. The first kappa shape index (κ1) is 12.3. The average Bonchev–Trinajstić information content (AvgIpc) is 3.09. The predicted molar refractivity (Wildman–Crippen MR) is 70.7 cm³/mol. The number of hydrogen-bond acceptors (Lipinski definition) is 5. The van der Waals surface area contributed by atoms with Crippen LogP contribution in [-0.2, 0) is 0 Å². The Morgan fingerprint density at radius 3 is 2.53 bits per heavy atom. The Balaban J connectivity index is 0.000000134. The van der Waals surface area contributed by atoms with E-state index in [1.807, 2.05) is 11.8 Å². The minimum Gasteiger partial charge on any atom is -0.375 e. The number of rotatable bonds is 1. The third kappa shape index (κ3) is 4.32. The van der Waals surface area contributed by atoms with E-state index in [4.69, 9.17) is 0 Å². The highest BCUT2D eigenvalue weighted by molar-refractivity contribution is 8.05. The van der Waals surface area contributed by atoms with Crippen LogP contribution in [0.5, 0.6) is 0 Å². The number of hydrogen-bond donors (Lipinski definition) is 1. The number of thioether (sulfide) groups is 1. The number of fused-ring (bicyclic) bond motifs is 1. The van der Waals surface area contributed by atoms with Crippen molar-refractivity contribution in [2.75, 3.05) is 12.3 Å². The van der Waals surface area contributed by atoms with Gasteiger partial charge in [0, 0.05) is 22.1 Å². The van der Waals surface area contributed by atoms with E-state index in [1.165, 1.54) is 21.6 Å². The summed E-state index contributed by atoms with van der Waals surface area (Å²) >= 11 is 3.36. The van der Waals surface area contributed by atoms with Crippen molar-refractivity contribution in [1.82, 2.24) is 5.32 Å². The molecule has 4 nitrogen and oxygen atoms in total. The smallest absolute Gasteiger partial charge is 0.263 e. The van der Waals surface area contributed by atoms with Crippen LogP contribution in [-0.4, -0.2) is 17.2 Å². The lowest BCUT2D eigenvalue weighted by molar-refractivity contribution is -0.403. The molecule has 0 atom stereocenters. The number of benzene rings is 1. The van der Waals surface area contributed by atoms with E-state index in [1.54, 1.807) is 0 Å². The molecule has 17 heavy (non-hydrogen) atoms. The first-order valence-electron chi connectivity index (χ1n) is 5.24. The van der Waals surface area contributed by atoms with E-state index >= 15 is 0 Å². The summed E-state index contributed by atoms with van der Waals surface area (Å²) in [4.78, 5) is 12.4. The van der Waals surface area contributed by atoms with Crippen molar-refractivity contribution in [1.29, 1.82) is 0 Å². The van der Waals surface area contributed by atoms with Crippen LogP contribution >= 0.6 is 23.5 Å². The van der Waals surface area contributed by atoms with Crippen LogP contribution in [0, 0.1) is 10.1 Å². The van der Waals surface area contributed by atoms with E-state index in [2.05, 4.69) is 29.6 Å². The van der Waals surface area contributed by atoms with E-state index in [9.17, 15) is 10.1 Å². The van der Waals surface area contributed by atoms with Crippen LogP contribution in [0.25, 0.3) is 0 Å². The molecule has 0 aromatic heterocycles. The van der Waals surface area contributed by atoms with E-state index in [-0.39, 0.29) is 0 Å². The van der Waals surface area contributed by atoms with Crippen LogP contribution in [0.15, 0.2) is 45.3 Å². The Kier molecular flexibility index (Phi) is 4.33. The summed E-state index contributed by atoms with van der Waals surface area (Å²) in [6, 6.07) is 8.41. The van der Waals surface area contributed by atoms with Crippen molar-refractivity contribution in [3.05, 3.63) is 45.6 Å². The molecule has 0 radical (unpaired) electrons. The molecule has 1 aromatic carbocycles. The maximum Gasteiger partial charge on any atom is 0.263 e. The summed E-state index contributed by atoms with van der Waals surface area (Å²) in [6.07, 6.45) is 2.10. The lowest BCUT2D eigenvalue weighted by atomic mass is 10.4. The largest absolute Gasteiger partial charge is 0.375 e. The molecule has 0 saturated carbocycles. The molecular formula is C11H12N2O2S2. The molecular weight excluding hydrogens is 256 g/mol. The van der Waals surface area contributed by atoms with Gasteiger partial charge in [0.1, 0.15) is 5.03 Å². The Hall–Kier alpha value is -1.14. The number of nitrogens with zero attached hydrogens (tertiary/aromatic N) is 1. The minimum atomic E-state index is -0.430. The molecule has 3 rings (SSSR count). The van der Waals surface area contributed by atoms with Gasteiger partial charge in [-0.3, -0.25) is 10.1 Å². The Bertz CT molecular complexity index is 420. The van der Waals surface area contributed by atoms with Gasteiger partial charge in [0.25, 0.3) is 6.20 Å². The molecule has 2 heterocycles. The Labute approximate surface area is 108 Å². The maximum atomic E-state index is 9.94. The van der Waals surface area contributed by atoms with Crippen molar-refractivity contribution < 1.29 is 4.92 Å². The Morgan fingerprint density at radius 1 is 1.35 bits per heavy atom. The highest BCUT2D eigenvalue weighted by Gasteiger charge is 2.14. The normalized spacial score (nSPS) is 18.5. The van der Waals surface area contributed by atoms with E-state index in [0.29, 0.717) is 5.03 Å². The summed E-state index contributed by atoms with van der Waals surface area (Å²) in [5, 5.41) is 13.6. The molecule has 0 spiro atoms. The van der Waals surface area contributed by atoms with Gasteiger partial charge in [-0.05, 0) is 18.6 Å². The fraction of sp³-hybridized carbons (Fsp3) is 0.273. The summed E-state index contributed by atoms with van der Waals surface area (Å²) in [6.45, 7) is 0.854. The number of nitro groups is 1. The average molecular weight is 268 g/mol. The molecule has 0 unspecified atom stereocenters. The van der Waals surface area contributed by atoms with Crippen LogP contribution in [0.3, 0.4) is 0 Å². The zero-order chi connectivity index (χ0) is 12.1. The van der Waals surface area contributed by atoms with Gasteiger partial charge in [-0.25, -0.2) is 0 Å². The van der Waals surface area contributed by atoms with Crippen molar-refractivity contribution in [3.63, 3.8) is 0 Å². The van der Waals surface area contributed by atoms with Crippen LogP contribution in [0.1, 0.15) is 6.42 Å². The molecule has 2 aliphatic rings. The second kappa shape index (κ2) is 5.97. The van der Waals surface area contributed by atoms with Gasteiger partial charge in [-0.15, -0.1) is 11.8 Å². The highest BCUT2D eigenvalue weighted by Crippen LogP contribution is 2.47. The molecule has 1 saturated heterocycles. The van der Waals surface area contributed by atoms with Gasteiger partial charge in [0.2, 0.25) is 0 Å². The highest BCUT2D eigenvalue weighted by atomic mass is 32.2. The van der Waals surface area contributed by atoms with Gasteiger partial charge in [-0.1, -0.05) is 23.9 Å². The fourth-order valence-electron chi connectivity index (χ4n) is 1.31. The first-order chi connectivity index (χ1) is 8.25. The standard InChI is InChI=1S/C6H4S.C5H8N2O2S/c1-2-4-6-5(3-1)7-6;8-7(9)4-5-6-2-1-3-10-5/h1-4H;4,6H,1-3H2. The maximum absolute atomic E-state index is 9.94. The molecule has 0 bridgehead atoms. The topological polar surface area (TPSA) is 55.2 Å². The SMILES string of the molecule is O=[N+]([O-])C=C1NCCCS1.c1ccc2c(c1)S2. The summed E-state index contributed by atoms with van der Waals surface area (Å²) < 4.78 is 0. The van der Waals surface area contributed by atoms with Crippen LogP contribution in [0.2, 0.25) is 0 Å². The molecule has 90 valence electrons. The summed E-state index contributed by atoms with van der Waals surface area (Å²) in [7, 11) is 0. The van der Waals surface area contributed by atoms with Gasteiger partial charge < -0.3 is 5.32 Å². The first-order valence-corrected chi connectivity index (χ1v) is 7.05. The lowest BCUT2D eigenvalue weighted by Gasteiger charge is -2.12. The number of nitrogens with one attached hydrogen (secondary N) is 1. The second-order valence-electron chi connectivity index (χ2n) is 3.46. The second-order valence-corrected chi connectivity index (χ2v) is 5.68. The summed E-state index contributed by atoms with van der Waals surface area (Å²) in [5.41, 5.74) is 0. The monoisotopic (exact) mass is 268 g/mol. The van der Waals surface area contributed by atoms with E-state index in [0.717, 1.165) is 24.9 Å². The quantitative estimate of drug-likeness (QED) is 0.489. The summed E-state index contributed by atoms with van der Waals surface area (Å²) in [5.74, 6) is 0.979. The molecule has 0 amide bonds. The zero-order valence-electron chi connectivity index (χ0n) is 9.09.